The standard InChI is InChI=1S/C17H10ClN3O2/c18-11-5-3-4-10(8-11)16-20-17(23-21-16)13-9-19-14-7-2-1-6-12(14)15(13)22/h1-9,13H. The van der Waals surface area contributed by atoms with E-state index in [9.17, 15) is 4.79 Å². The van der Waals surface area contributed by atoms with Crippen LogP contribution in [0.25, 0.3) is 11.4 Å². The van der Waals surface area contributed by atoms with Gasteiger partial charge in [-0.3, -0.25) is 9.79 Å². The summed E-state index contributed by atoms with van der Waals surface area (Å²) in [6.45, 7) is 0. The molecule has 0 saturated heterocycles. The molecular formula is C17H10ClN3O2. The van der Waals surface area contributed by atoms with E-state index in [1.165, 1.54) is 0 Å². The minimum absolute atomic E-state index is 0.100. The van der Waals surface area contributed by atoms with Gasteiger partial charge in [0.1, 0.15) is 5.92 Å². The molecule has 6 heteroatoms. The number of aliphatic imine (C=N–C) groups is 1. The van der Waals surface area contributed by atoms with Crippen molar-refractivity contribution in [1.29, 1.82) is 0 Å². The molecule has 4 rings (SSSR count). The fourth-order valence-corrected chi connectivity index (χ4v) is 2.66. The summed E-state index contributed by atoms with van der Waals surface area (Å²) in [5.74, 6) is -0.145. The van der Waals surface area contributed by atoms with Crippen molar-refractivity contribution >= 4 is 29.3 Å². The molecule has 0 spiro atoms. The number of ketones is 1. The number of carbonyl (C=O) groups is 1. The Morgan fingerprint density at radius 2 is 1.96 bits per heavy atom. The van der Waals surface area contributed by atoms with E-state index in [1.807, 2.05) is 12.1 Å². The number of nitrogens with zero attached hydrogens (tertiary/aromatic N) is 3. The van der Waals surface area contributed by atoms with Crippen LogP contribution in [-0.4, -0.2) is 22.1 Å². The van der Waals surface area contributed by atoms with Crippen molar-refractivity contribution in [2.24, 2.45) is 4.99 Å². The molecule has 0 fully saturated rings. The number of para-hydroxylation sites is 1. The van der Waals surface area contributed by atoms with Crippen LogP contribution in [0.4, 0.5) is 5.69 Å². The number of aromatic nitrogens is 2. The highest BCUT2D eigenvalue weighted by Crippen LogP contribution is 2.31. The summed E-state index contributed by atoms with van der Waals surface area (Å²) in [5, 5.41) is 4.52. The van der Waals surface area contributed by atoms with Crippen LogP contribution in [0.15, 0.2) is 58.0 Å². The predicted molar refractivity (Wildman–Crippen MR) is 86.4 cm³/mol. The molecule has 0 saturated carbocycles. The lowest BCUT2D eigenvalue weighted by Gasteiger charge is -2.13. The predicted octanol–water partition coefficient (Wildman–Crippen LogP) is 4.07. The van der Waals surface area contributed by atoms with Crippen LogP contribution in [0.5, 0.6) is 0 Å². The third kappa shape index (κ3) is 2.45. The monoisotopic (exact) mass is 323 g/mol. The van der Waals surface area contributed by atoms with Gasteiger partial charge in [0.2, 0.25) is 11.7 Å². The molecular weight excluding hydrogens is 314 g/mol. The van der Waals surface area contributed by atoms with Crippen LogP contribution >= 0.6 is 11.6 Å². The molecule has 1 aliphatic heterocycles. The Bertz CT molecular complexity index is 933. The number of carbonyl (C=O) groups excluding carboxylic acids is 1. The number of rotatable bonds is 2. The summed E-state index contributed by atoms with van der Waals surface area (Å²) in [4.78, 5) is 21.2. The third-order valence-electron chi connectivity index (χ3n) is 3.61. The zero-order chi connectivity index (χ0) is 15.8. The molecule has 1 atom stereocenters. The van der Waals surface area contributed by atoms with Crippen LogP contribution in [-0.2, 0) is 0 Å². The maximum Gasteiger partial charge on any atom is 0.243 e. The number of hydrogen-bond acceptors (Lipinski definition) is 5. The van der Waals surface area contributed by atoms with Crippen molar-refractivity contribution in [3.8, 4) is 11.4 Å². The lowest BCUT2D eigenvalue weighted by Crippen LogP contribution is -2.18. The first-order valence-corrected chi connectivity index (χ1v) is 7.37. The van der Waals surface area contributed by atoms with Gasteiger partial charge in [-0.1, -0.05) is 41.0 Å². The van der Waals surface area contributed by atoms with E-state index in [4.69, 9.17) is 16.1 Å². The summed E-state index contributed by atoms with van der Waals surface area (Å²) < 4.78 is 5.27. The second-order valence-corrected chi connectivity index (χ2v) is 5.54. The summed E-state index contributed by atoms with van der Waals surface area (Å²) in [6.07, 6.45) is 1.54. The van der Waals surface area contributed by atoms with Gasteiger partial charge < -0.3 is 4.52 Å². The molecule has 0 bridgehead atoms. The summed E-state index contributed by atoms with van der Waals surface area (Å²) >= 11 is 5.97. The van der Waals surface area contributed by atoms with E-state index in [0.29, 0.717) is 22.1 Å². The average molecular weight is 324 g/mol. The molecule has 1 aliphatic rings. The van der Waals surface area contributed by atoms with E-state index < -0.39 is 5.92 Å². The number of benzene rings is 2. The van der Waals surface area contributed by atoms with Gasteiger partial charge in [-0.25, -0.2) is 0 Å². The number of fused-ring (bicyclic) bond motifs is 1. The third-order valence-corrected chi connectivity index (χ3v) is 3.84. The Hall–Kier alpha value is -2.79. The molecule has 3 aromatic rings. The van der Waals surface area contributed by atoms with Gasteiger partial charge in [-0.2, -0.15) is 4.98 Å². The average Bonchev–Trinajstić information content (AvgIpc) is 3.05. The maximum atomic E-state index is 12.6. The van der Waals surface area contributed by atoms with Crippen molar-refractivity contribution in [3.63, 3.8) is 0 Å². The second kappa shape index (κ2) is 5.44. The van der Waals surface area contributed by atoms with Crippen LogP contribution in [0.1, 0.15) is 22.2 Å². The molecule has 0 aliphatic carbocycles. The summed E-state index contributed by atoms with van der Waals surface area (Å²) in [6, 6.07) is 14.3. The first-order valence-electron chi connectivity index (χ1n) is 6.99. The van der Waals surface area contributed by atoms with Crippen molar-refractivity contribution in [3.05, 3.63) is 65.0 Å². The fraction of sp³-hybridized carbons (Fsp3) is 0.0588. The minimum atomic E-state index is -0.662. The highest BCUT2D eigenvalue weighted by molar-refractivity contribution is 6.30. The molecule has 0 radical (unpaired) electrons. The topological polar surface area (TPSA) is 68.3 Å². The van der Waals surface area contributed by atoms with E-state index in [1.54, 1.807) is 42.6 Å². The smallest absolute Gasteiger partial charge is 0.243 e. The Kier molecular flexibility index (Phi) is 3.28. The summed E-state index contributed by atoms with van der Waals surface area (Å²) in [7, 11) is 0. The number of Topliss-reactive ketones (excluding diaryl/α,β-unsaturated/α-hetero) is 1. The Balaban J connectivity index is 1.69. The van der Waals surface area contributed by atoms with Crippen molar-refractivity contribution in [2.45, 2.75) is 5.92 Å². The van der Waals surface area contributed by atoms with Gasteiger partial charge in [0, 0.05) is 22.4 Å². The molecule has 112 valence electrons. The van der Waals surface area contributed by atoms with Crippen LogP contribution in [0.3, 0.4) is 0 Å². The van der Waals surface area contributed by atoms with Gasteiger partial charge in [0.15, 0.2) is 5.78 Å². The van der Waals surface area contributed by atoms with Crippen molar-refractivity contribution < 1.29 is 9.32 Å². The Labute approximate surface area is 136 Å². The normalized spacial score (nSPS) is 16.4. The number of hydrogen-bond donors (Lipinski definition) is 0. The fourth-order valence-electron chi connectivity index (χ4n) is 2.47. The first kappa shape index (κ1) is 13.8. The van der Waals surface area contributed by atoms with Gasteiger partial charge in [-0.05, 0) is 24.3 Å². The molecule has 2 aromatic carbocycles. The number of halogens is 1. The van der Waals surface area contributed by atoms with Crippen LogP contribution in [0.2, 0.25) is 5.02 Å². The van der Waals surface area contributed by atoms with Crippen LogP contribution < -0.4 is 0 Å². The molecule has 1 aromatic heterocycles. The second-order valence-electron chi connectivity index (χ2n) is 5.10. The molecule has 23 heavy (non-hydrogen) atoms. The Morgan fingerprint density at radius 3 is 2.83 bits per heavy atom. The highest BCUT2D eigenvalue weighted by atomic mass is 35.5. The van der Waals surface area contributed by atoms with E-state index in [-0.39, 0.29) is 11.7 Å². The van der Waals surface area contributed by atoms with Crippen LogP contribution in [0, 0.1) is 0 Å². The Morgan fingerprint density at radius 1 is 1.09 bits per heavy atom. The lowest BCUT2D eigenvalue weighted by atomic mass is 9.94. The SMILES string of the molecule is O=C1c2ccccc2N=CC1c1nc(-c2cccc(Cl)c2)no1. The summed E-state index contributed by atoms with van der Waals surface area (Å²) in [5.41, 5.74) is 1.94. The van der Waals surface area contributed by atoms with Crippen molar-refractivity contribution in [1.82, 2.24) is 10.1 Å². The van der Waals surface area contributed by atoms with E-state index in [2.05, 4.69) is 15.1 Å². The van der Waals surface area contributed by atoms with Gasteiger partial charge in [-0.15, -0.1) is 0 Å². The maximum absolute atomic E-state index is 12.6. The van der Waals surface area contributed by atoms with E-state index in [0.717, 1.165) is 5.56 Å². The van der Waals surface area contributed by atoms with Gasteiger partial charge in [0.25, 0.3) is 0 Å². The highest BCUT2D eigenvalue weighted by Gasteiger charge is 2.30. The molecule has 0 N–H and O–H groups in total. The first-order chi connectivity index (χ1) is 11.2. The zero-order valence-corrected chi connectivity index (χ0v) is 12.6. The quantitative estimate of drug-likeness (QED) is 0.712. The lowest BCUT2D eigenvalue weighted by molar-refractivity contribution is 0.0971. The van der Waals surface area contributed by atoms with Crippen molar-refractivity contribution in [2.75, 3.05) is 0 Å². The largest absolute Gasteiger partial charge is 0.338 e. The van der Waals surface area contributed by atoms with E-state index >= 15 is 0 Å². The minimum Gasteiger partial charge on any atom is -0.338 e. The molecule has 0 amide bonds. The van der Waals surface area contributed by atoms with Gasteiger partial charge >= 0.3 is 0 Å². The molecule has 1 unspecified atom stereocenters. The zero-order valence-electron chi connectivity index (χ0n) is 11.8. The molecule has 5 nitrogen and oxygen atoms in total. The molecule has 2 heterocycles. The van der Waals surface area contributed by atoms with Gasteiger partial charge in [0.05, 0.1) is 5.69 Å².